The molecule has 0 aromatic heterocycles. The molecule has 3 rings (SSSR count). The number of hydrogen-bond donors (Lipinski definition) is 1. The highest BCUT2D eigenvalue weighted by atomic mass is 32.2. The summed E-state index contributed by atoms with van der Waals surface area (Å²) in [6, 6.07) is 12.8. The van der Waals surface area contributed by atoms with E-state index in [0.717, 1.165) is 35.0 Å². The first-order chi connectivity index (χ1) is 9.72. The number of fused-ring (bicyclic) bond motifs is 1. The molecule has 1 aliphatic heterocycles. The molecule has 1 heterocycles. The van der Waals surface area contributed by atoms with Gasteiger partial charge in [-0.05, 0) is 41.8 Å². The van der Waals surface area contributed by atoms with Gasteiger partial charge in [-0.15, -0.1) is 11.8 Å². The molecule has 0 saturated carbocycles. The Hall–Kier alpha value is -1.81. The molecule has 0 radical (unpaired) electrons. The van der Waals surface area contributed by atoms with Crippen molar-refractivity contribution in [2.75, 3.05) is 12.3 Å². The molecule has 0 atom stereocenters. The van der Waals surface area contributed by atoms with Gasteiger partial charge in [-0.25, -0.2) is 4.39 Å². The summed E-state index contributed by atoms with van der Waals surface area (Å²) in [6.07, 6.45) is 0.890. The Labute approximate surface area is 121 Å². The van der Waals surface area contributed by atoms with Crippen molar-refractivity contribution in [3.05, 3.63) is 65.0 Å². The summed E-state index contributed by atoms with van der Waals surface area (Å²) in [5, 5.41) is 0.933. The van der Waals surface area contributed by atoms with Crippen molar-refractivity contribution < 1.29 is 4.39 Å². The number of nitrogens with zero attached hydrogens (tertiary/aromatic N) is 1. The average molecular weight is 286 g/mol. The van der Waals surface area contributed by atoms with E-state index in [1.54, 1.807) is 17.8 Å². The molecular weight excluding hydrogens is 271 g/mol. The molecule has 0 spiro atoms. The zero-order chi connectivity index (χ0) is 13.9. The Morgan fingerprint density at radius 3 is 2.75 bits per heavy atom. The highest BCUT2D eigenvalue weighted by Gasteiger charge is 2.15. The van der Waals surface area contributed by atoms with Gasteiger partial charge in [0.25, 0.3) is 0 Å². The van der Waals surface area contributed by atoms with Crippen LogP contribution in [0, 0.1) is 5.82 Å². The topological polar surface area (TPSA) is 38.4 Å². The van der Waals surface area contributed by atoms with Crippen molar-refractivity contribution in [2.24, 2.45) is 4.99 Å². The lowest BCUT2D eigenvalue weighted by Crippen LogP contribution is -2.10. The standard InChI is InChI=1S/C16H15FN2S/c17-13-4-3-12-7-8-19-16(15(12)9-13)20-10-11-1-5-14(18)6-2-11/h1-6,9H,7-8,10,18H2. The number of hydrogen-bond acceptors (Lipinski definition) is 3. The number of aliphatic imine (C=N–C) groups is 1. The van der Waals surface area contributed by atoms with Gasteiger partial charge in [-0.1, -0.05) is 18.2 Å². The van der Waals surface area contributed by atoms with Crippen molar-refractivity contribution in [3.8, 4) is 0 Å². The monoisotopic (exact) mass is 286 g/mol. The van der Waals surface area contributed by atoms with Crippen LogP contribution in [0.2, 0.25) is 0 Å². The van der Waals surface area contributed by atoms with Crippen LogP contribution in [-0.2, 0) is 12.2 Å². The first kappa shape index (κ1) is 13.2. The fourth-order valence-corrected chi connectivity index (χ4v) is 3.24. The number of benzene rings is 2. The highest BCUT2D eigenvalue weighted by molar-refractivity contribution is 8.13. The molecule has 4 heteroatoms. The van der Waals surface area contributed by atoms with Gasteiger partial charge in [-0.2, -0.15) is 0 Å². The predicted octanol–water partition coefficient (Wildman–Crippen LogP) is 3.64. The van der Waals surface area contributed by atoms with Gasteiger partial charge in [0.15, 0.2) is 0 Å². The second kappa shape index (κ2) is 5.67. The van der Waals surface area contributed by atoms with E-state index in [4.69, 9.17) is 5.73 Å². The molecule has 0 unspecified atom stereocenters. The molecule has 20 heavy (non-hydrogen) atoms. The third-order valence-corrected chi connectivity index (χ3v) is 4.39. The quantitative estimate of drug-likeness (QED) is 0.856. The summed E-state index contributed by atoms with van der Waals surface area (Å²) in [5.41, 5.74) is 9.75. The van der Waals surface area contributed by atoms with Crippen LogP contribution in [0.15, 0.2) is 47.5 Å². The second-order valence-corrected chi connectivity index (χ2v) is 5.73. The number of halogens is 1. The minimum absolute atomic E-state index is 0.202. The van der Waals surface area contributed by atoms with Crippen molar-refractivity contribution in [2.45, 2.75) is 12.2 Å². The Kier molecular flexibility index (Phi) is 3.74. The molecule has 102 valence electrons. The van der Waals surface area contributed by atoms with Gasteiger partial charge < -0.3 is 5.73 Å². The molecule has 2 nitrogen and oxygen atoms in total. The third kappa shape index (κ3) is 2.85. The van der Waals surface area contributed by atoms with Crippen LogP contribution in [-0.4, -0.2) is 11.6 Å². The van der Waals surface area contributed by atoms with Crippen LogP contribution in [0.4, 0.5) is 10.1 Å². The fraction of sp³-hybridized carbons (Fsp3) is 0.188. The van der Waals surface area contributed by atoms with E-state index in [1.807, 2.05) is 30.3 Å². The second-order valence-electron chi connectivity index (χ2n) is 4.77. The molecule has 0 saturated heterocycles. The summed E-state index contributed by atoms with van der Waals surface area (Å²) >= 11 is 1.65. The highest BCUT2D eigenvalue weighted by Crippen LogP contribution is 2.26. The van der Waals surface area contributed by atoms with Crippen LogP contribution in [0.25, 0.3) is 0 Å². The number of nitrogen functional groups attached to an aromatic ring is 1. The maximum Gasteiger partial charge on any atom is 0.123 e. The lowest BCUT2D eigenvalue weighted by atomic mass is 10.0. The van der Waals surface area contributed by atoms with Crippen molar-refractivity contribution >= 4 is 22.5 Å². The van der Waals surface area contributed by atoms with Crippen LogP contribution < -0.4 is 5.73 Å². The van der Waals surface area contributed by atoms with Gasteiger partial charge in [-0.3, -0.25) is 4.99 Å². The normalized spacial score (nSPS) is 13.8. The number of anilines is 1. The van der Waals surface area contributed by atoms with E-state index in [9.17, 15) is 4.39 Å². The zero-order valence-electron chi connectivity index (χ0n) is 11.0. The van der Waals surface area contributed by atoms with E-state index in [-0.39, 0.29) is 5.82 Å². The summed E-state index contributed by atoms with van der Waals surface area (Å²) in [5.74, 6) is 0.612. The van der Waals surface area contributed by atoms with Crippen LogP contribution in [0.5, 0.6) is 0 Å². The van der Waals surface area contributed by atoms with Gasteiger partial charge in [0, 0.05) is 23.5 Å². The van der Waals surface area contributed by atoms with Crippen LogP contribution in [0.1, 0.15) is 16.7 Å². The van der Waals surface area contributed by atoms with E-state index in [0.29, 0.717) is 0 Å². The number of nitrogens with two attached hydrogens (primary N) is 1. The first-order valence-corrected chi connectivity index (χ1v) is 7.51. The smallest absolute Gasteiger partial charge is 0.123 e. The Morgan fingerprint density at radius 2 is 1.95 bits per heavy atom. The summed E-state index contributed by atoms with van der Waals surface area (Å²) < 4.78 is 13.4. The maximum absolute atomic E-state index is 13.4. The summed E-state index contributed by atoms with van der Waals surface area (Å²) in [7, 11) is 0. The molecule has 0 amide bonds. The Bertz CT molecular complexity index is 650. The predicted molar refractivity (Wildman–Crippen MR) is 83.7 cm³/mol. The van der Waals surface area contributed by atoms with Crippen LogP contribution >= 0.6 is 11.8 Å². The fourth-order valence-electron chi connectivity index (χ4n) is 2.22. The van der Waals surface area contributed by atoms with E-state index in [2.05, 4.69) is 4.99 Å². The van der Waals surface area contributed by atoms with E-state index in [1.165, 1.54) is 17.2 Å². The summed E-state index contributed by atoms with van der Waals surface area (Å²) in [4.78, 5) is 4.53. The molecular formula is C16H15FN2S. The lowest BCUT2D eigenvalue weighted by molar-refractivity contribution is 0.626. The lowest BCUT2D eigenvalue weighted by Gasteiger charge is -2.16. The van der Waals surface area contributed by atoms with E-state index < -0.39 is 0 Å². The van der Waals surface area contributed by atoms with Gasteiger partial charge in [0.2, 0.25) is 0 Å². The van der Waals surface area contributed by atoms with Crippen molar-refractivity contribution in [1.82, 2.24) is 0 Å². The maximum atomic E-state index is 13.4. The molecule has 0 aliphatic carbocycles. The minimum Gasteiger partial charge on any atom is -0.399 e. The molecule has 1 aliphatic rings. The van der Waals surface area contributed by atoms with Gasteiger partial charge in [0.1, 0.15) is 5.82 Å². The third-order valence-electron chi connectivity index (χ3n) is 3.29. The number of thioether (sulfide) groups is 1. The van der Waals surface area contributed by atoms with Crippen LogP contribution in [0.3, 0.4) is 0 Å². The van der Waals surface area contributed by atoms with Gasteiger partial charge in [0.05, 0.1) is 5.04 Å². The molecule has 2 N–H and O–H groups in total. The number of rotatable bonds is 2. The van der Waals surface area contributed by atoms with Crippen molar-refractivity contribution in [3.63, 3.8) is 0 Å². The zero-order valence-corrected chi connectivity index (χ0v) is 11.8. The molecule has 2 aromatic rings. The molecule has 0 fully saturated rings. The summed E-state index contributed by atoms with van der Waals surface area (Å²) in [6.45, 7) is 0.780. The van der Waals surface area contributed by atoms with Gasteiger partial charge >= 0.3 is 0 Å². The van der Waals surface area contributed by atoms with Crippen molar-refractivity contribution in [1.29, 1.82) is 0 Å². The largest absolute Gasteiger partial charge is 0.399 e. The molecule has 2 aromatic carbocycles. The Balaban J connectivity index is 1.77. The minimum atomic E-state index is -0.202. The Morgan fingerprint density at radius 1 is 1.15 bits per heavy atom. The SMILES string of the molecule is Nc1ccc(CSC2=NCCc3ccc(F)cc32)cc1. The van der Waals surface area contributed by atoms with E-state index >= 15 is 0 Å². The first-order valence-electron chi connectivity index (χ1n) is 6.53. The molecule has 0 bridgehead atoms. The average Bonchev–Trinajstić information content (AvgIpc) is 2.47.